The molecular weight excluding hydrogens is 573 g/mol. The second-order valence-corrected chi connectivity index (χ2v) is 11.3. The standard InChI is InChI=1S/C27H25Cl2N7O5/c1-34-13-32-25-22(26(34)40)16(14-4-15(24(30)39)23(38)17(28)5-14)8-35(25)9-21(37)33-19-6-20(31-7-18(19)29)36-10-27(11-36)2-3-41-12-27/h4-8,13,38H,2-3,9-12H2,1H3,(H2,30,39)(H,31,33,37). The molecule has 4 aromatic rings. The zero-order valence-corrected chi connectivity index (χ0v) is 23.4. The van der Waals surface area contributed by atoms with E-state index >= 15 is 0 Å². The Labute approximate surface area is 243 Å². The van der Waals surface area contributed by atoms with Crippen LogP contribution in [-0.2, 0) is 23.1 Å². The molecule has 6 rings (SSSR count). The highest BCUT2D eigenvalue weighted by Crippen LogP contribution is 2.41. The van der Waals surface area contributed by atoms with Gasteiger partial charge in [0.1, 0.15) is 23.8 Å². The fourth-order valence-corrected chi connectivity index (χ4v) is 5.78. The highest BCUT2D eigenvalue weighted by atomic mass is 35.5. The van der Waals surface area contributed by atoms with Crippen LogP contribution in [0.15, 0.2) is 41.7 Å². The van der Waals surface area contributed by atoms with Gasteiger partial charge in [0, 0.05) is 50.0 Å². The molecule has 0 saturated carbocycles. The number of aromatic nitrogens is 4. The van der Waals surface area contributed by atoms with Gasteiger partial charge in [-0.25, -0.2) is 9.97 Å². The van der Waals surface area contributed by atoms with Crippen molar-refractivity contribution in [3.63, 3.8) is 0 Å². The lowest BCUT2D eigenvalue weighted by molar-refractivity contribution is -0.116. The van der Waals surface area contributed by atoms with Crippen LogP contribution in [0.2, 0.25) is 10.0 Å². The number of anilines is 2. The van der Waals surface area contributed by atoms with Crippen LogP contribution in [0.5, 0.6) is 5.75 Å². The number of ether oxygens (including phenoxy) is 1. The van der Waals surface area contributed by atoms with Crippen LogP contribution in [0.4, 0.5) is 11.5 Å². The quantitative estimate of drug-likeness (QED) is 0.306. The molecule has 2 fully saturated rings. The zero-order valence-electron chi connectivity index (χ0n) is 21.9. The van der Waals surface area contributed by atoms with E-state index in [0.29, 0.717) is 22.6 Å². The van der Waals surface area contributed by atoms with Gasteiger partial charge in [-0.1, -0.05) is 23.2 Å². The highest BCUT2D eigenvalue weighted by molar-refractivity contribution is 6.34. The number of hydrogen-bond donors (Lipinski definition) is 3. The largest absolute Gasteiger partial charge is 0.506 e. The number of rotatable bonds is 6. The van der Waals surface area contributed by atoms with Gasteiger partial charge in [-0.15, -0.1) is 0 Å². The number of aromatic hydroxyl groups is 1. The summed E-state index contributed by atoms with van der Waals surface area (Å²) < 4.78 is 8.36. The number of pyridine rings is 1. The number of benzene rings is 1. The Bertz CT molecular complexity index is 1790. The van der Waals surface area contributed by atoms with Crippen LogP contribution < -0.4 is 21.5 Å². The topological polar surface area (TPSA) is 158 Å². The van der Waals surface area contributed by atoms with Gasteiger partial charge in [-0.2, -0.15) is 0 Å². The number of aryl methyl sites for hydroxylation is 1. The van der Waals surface area contributed by atoms with E-state index in [4.69, 9.17) is 33.7 Å². The zero-order chi connectivity index (χ0) is 29.1. The summed E-state index contributed by atoms with van der Waals surface area (Å²) in [6.45, 7) is 2.96. The van der Waals surface area contributed by atoms with Crippen molar-refractivity contribution in [3.8, 4) is 16.9 Å². The summed E-state index contributed by atoms with van der Waals surface area (Å²) in [6.07, 6.45) is 5.43. The second-order valence-electron chi connectivity index (χ2n) is 10.5. The Morgan fingerprint density at radius 3 is 2.68 bits per heavy atom. The van der Waals surface area contributed by atoms with Gasteiger partial charge >= 0.3 is 0 Å². The minimum atomic E-state index is -0.890. The maximum Gasteiger partial charge on any atom is 0.263 e. The van der Waals surface area contributed by atoms with Gasteiger partial charge in [-0.05, 0) is 24.1 Å². The van der Waals surface area contributed by atoms with Crippen LogP contribution in [0.1, 0.15) is 16.8 Å². The molecule has 0 aliphatic carbocycles. The van der Waals surface area contributed by atoms with Crippen LogP contribution >= 0.6 is 23.2 Å². The van der Waals surface area contributed by atoms with Crippen molar-refractivity contribution in [1.29, 1.82) is 0 Å². The number of nitrogens with one attached hydrogen (secondary N) is 1. The first-order valence-electron chi connectivity index (χ1n) is 12.7. The van der Waals surface area contributed by atoms with Crippen molar-refractivity contribution < 1.29 is 19.4 Å². The first-order valence-corrected chi connectivity index (χ1v) is 13.5. The molecule has 41 heavy (non-hydrogen) atoms. The Kier molecular flexibility index (Phi) is 6.63. The SMILES string of the molecule is Cn1cnc2c(c(-c3cc(Cl)c(O)c(C(N)=O)c3)cn2CC(=O)Nc2cc(N3CC4(CCOC4)C3)ncc2Cl)c1=O. The first kappa shape index (κ1) is 27.1. The molecule has 212 valence electrons. The van der Waals surface area contributed by atoms with Crippen molar-refractivity contribution >= 4 is 57.6 Å². The van der Waals surface area contributed by atoms with E-state index in [2.05, 4.69) is 20.2 Å². The summed E-state index contributed by atoms with van der Waals surface area (Å²) in [5.74, 6) is -1.06. The van der Waals surface area contributed by atoms with Gasteiger partial charge in [0.2, 0.25) is 5.91 Å². The Morgan fingerprint density at radius 2 is 1.98 bits per heavy atom. The molecule has 0 unspecified atom stereocenters. The maximum absolute atomic E-state index is 13.2. The Morgan fingerprint density at radius 1 is 1.20 bits per heavy atom. The van der Waals surface area contributed by atoms with Crippen molar-refractivity contribution in [2.24, 2.45) is 18.2 Å². The van der Waals surface area contributed by atoms with Crippen LogP contribution in [-0.4, -0.2) is 62.3 Å². The van der Waals surface area contributed by atoms with E-state index in [-0.39, 0.29) is 44.2 Å². The summed E-state index contributed by atoms with van der Waals surface area (Å²) in [6, 6.07) is 4.48. The molecule has 14 heteroatoms. The molecule has 2 saturated heterocycles. The number of carbonyl (C=O) groups is 2. The molecule has 2 aliphatic heterocycles. The summed E-state index contributed by atoms with van der Waals surface area (Å²) in [4.78, 5) is 49.2. The smallest absolute Gasteiger partial charge is 0.263 e. The van der Waals surface area contributed by atoms with Crippen molar-refractivity contribution in [2.75, 3.05) is 36.5 Å². The molecule has 2 aliphatic rings. The number of amides is 2. The monoisotopic (exact) mass is 597 g/mol. The van der Waals surface area contributed by atoms with E-state index in [1.165, 1.54) is 33.8 Å². The molecule has 0 radical (unpaired) electrons. The molecule has 2 amide bonds. The molecule has 5 heterocycles. The molecule has 1 aromatic carbocycles. The number of nitrogens with two attached hydrogens (primary N) is 1. The van der Waals surface area contributed by atoms with Gasteiger partial charge in [-0.3, -0.25) is 14.4 Å². The number of halogens is 2. The normalized spacial score (nSPS) is 15.8. The number of hydrogen-bond acceptors (Lipinski definition) is 8. The second kappa shape index (κ2) is 10.1. The van der Waals surface area contributed by atoms with Crippen molar-refractivity contribution in [2.45, 2.75) is 13.0 Å². The summed E-state index contributed by atoms with van der Waals surface area (Å²) in [5, 5.41) is 13.4. The van der Waals surface area contributed by atoms with Crippen molar-refractivity contribution in [1.82, 2.24) is 19.1 Å². The molecule has 12 nitrogen and oxygen atoms in total. The Balaban J connectivity index is 1.30. The Hall–Kier alpha value is -4.13. The van der Waals surface area contributed by atoms with E-state index in [1.807, 2.05) is 0 Å². The fourth-order valence-electron chi connectivity index (χ4n) is 5.41. The van der Waals surface area contributed by atoms with Crippen LogP contribution in [0.3, 0.4) is 0 Å². The molecule has 0 atom stereocenters. The lowest BCUT2D eigenvalue weighted by Gasteiger charge is -2.47. The molecule has 3 aromatic heterocycles. The van der Waals surface area contributed by atoms with E-state index in [9.17, 15) is 19.5 Å². The predicted octanol–water partition coefficient (Wildman–Crippen LogP) is 2.77. The van der Waals surface area contributed by atoms with Crippen molar-refractivity contribution in [3.05, 3.63) is 62.9 Å². The van der Waals surface area contributed by atoms with E-state index in [1.54, 1.807) is 19.3 Å². The summed E-state index contributed by atoms with van der Waals surface area (Å²) >= 11 is 12.5. The van der Waals surface area contributed by atoms with Gasteiger partial charge < -0.3 is 34.9 Å². The fraction of sp³-hybridized carbons (Fsp3) is 0.296. The molecular formula is C27H25Cl2N7O5. The minimum absolute atomic E-state index is 0.118. The predicted molar refractivity (Wildman–Crippen MR) is 154 cm³/mol. The molecule has 4 N–H and O–H groups in total. The lowest BCUT2D eigenvalue weighted by Crippen LogP contribution is -2.57. The van der Waals surface area contributed by atoms with Crippen LogP contribution in [0, 0.1) is 5.41 Å². The number of nitrogens with zero attached hydrogens (tertiary/aromatic N) is 5. The van der Waals surface area contributed by atoms with E-state index in [0.717, 1.165) is 32.7 Å². The third-order valence-corrected chi connectivity index (χ3v) is 8.16. The van der Waals surface area contributed by atoms with Gasteiger partial charge in [0.15, 0.2) is 0 Å². The summed E-state index contributed by atoms with van der Waals surface area (Å²) in [7, 11) is 1.55. The van der Waals surface area contributed by atoms with Gasteiger partial charge in [0.25, 0.3) is 11.5 Å². The minimum Gasteiger partial charge on any atom is -0.506 e. The number of carbonyl (C=O) groups excluding carboxylic acids is 2. The summed E-state index contributed by atoms with van der Waals surface area (Å²) in [5.41, 5.74) is 6.35. The number of fused-ring (bicyclic) bond motifs is 1. The number of phenols is 1. The number of primary amides is 1. The van der Waals surface area contributed by atoms with Gasteiger partial charge in [0.05, 0.1) is 45.8 Å². The molecule has 0 bridgehead atoms. The molecule has 1 spiro atoms. The third-order valence-electron chi connectivity index (χ3n) is 7.57. The highest BCUT2D eigenvalue weighted by Gasteiger charge is 2.46. The van der Waals surface area contributed by atoms with Crippen LogP contribution in [0.25, 0.3) is 22.2 Å². The third kappa shape index (κ3) is 4.77. The van der Waals surface area contributed by atoms with E-state index < -0.39 is 17.6 Å². The maximum atomic E-state index is 13.2. The first-order chi connectivity index (χ1) is 19.5. The lowest BCUT2D eigenvalue weighted by atomic mass is 9.79. The average Bonchev–Trinajstić information content (AvgIpc) is 3.54. The average molecular weight is 598 g/mol.